The molecule has 2 N–H and O–H groups in total. The topological polar surface area (TPSA) is 79.3 Å². The van der Waals surface area contributed by atoms with E-state index in [1.54, 1.807) is 6.20 Å². The van der Waals surface area contributed by atoms with Gasteiger partial charge in [-0.05, 0) is 31.4 Å². The van der Waals surface area contributed by atoms with Gasteiger partial charge in [0.25, 0.3) is 0 Å². The van der Waals surface area contributed by atoms with Gasteiger partial charge in [-0.1, -0.05) is 25.3 Å². The van der Waals surface area contributed by atoms with E-state index in [0.29, 0.717) is 18.5 Å². The quantitative estimate of drug-likeness (QED) is 0.879. The monoisotopic (exact) mass is 276 g/mol. The zero-order valence-electron chi connectivity index (χ0n) is 11.7. The number of aromatic nitrogens is 1. The Kier molecular flexibility index (Phi) is 4.37. The predicted molar refractivity (Wildman–Crippen MR) is 74.3 cm³/mol. The van der Waals surface area contributed by atoms with Crippen LogP contribution in [0.5, 0.6) is 0 Å². The molecule has 1 fully saturated rings. The molecule has 20 heavy (non-hydrogen) atoms. The molecule has 1 aliphatic carbocycles. The summed E-state index contributed by atoms with van der Waals surface area (Å²) in [6.45, 7) is 1.89. The minimum absolute atomic E-state index is 0.127. The first-order valence-corrected chi connectivity index (χ1v) is 6.98. The maximum atomic E-state index is 12.1. The standard InChI is InChI=1S/C15H20N2O3/c1-11-6-5-9-16-12(11)10-13(18)17-15(14(19)20)7-3-2-4-8-15/h5-6,9H,2-4,7-8,10H2,1H3,(H,17,18)(H,19,20). The van der Waals surface area contributed by atoms with Crippen LogP contribution in [0.3, 0.4) is 0 Å². The fourth-order valence-electron chi connectivity index (χ4n) is 2.71. The number of rotatable bonds is 4. The lowest BCUT2D eigenvalue weighted by atomic mass is 9.81. The Bertz CT molecular complexity index is 508. The number of nitrogens with one attached hydrogen (secondary N) is 1. The lowest BCUT2D eigenvalue weighted by Gasteiger charge is -2.34. The summed E-state index contributed by atoms with van der Waals surface area (Å²) >= 11 is 0. The highest BCUT2D eigenvalue weighted by molar-refractivity contribution is 5.88. The van der Waals surface area contributed by atoms with Crippen LogP contribution in [0.15, 0.2) is 18.3 Å². The summed E-state index contributed by atoms with van der Waals surface area (Å²) in [7, 11) is 0. The van der Waals surface area contributed by atoms with E-state index >= 15 is 0 Å². The van der Waals surface area contributed by atoms with Crippen LogP contribution < -0.4 is 5.32 Å². The average Bonchev–Trinajstić information content (AvgIpc) is 2.42. The van der Waals surface area contributed by atoms with E-state index in [-0.39, 0.29) is 12.3 Å². The third kappa shape index (κ3) is 3.15. The number of amides is 1. The Hall–Kier alpha value is -1.91. The number of aliphatic carboxylic acids is 1. The SMILES string of the molecule is Cc1cccnc1CC(=O)NC1(C(=O)O)CCCCC1. The molecule has 1 heterocycles. The van der Waals surface area contributed by atoms with Crippen LogP contribution in [0.2, 0.25) is 0 Å². The fourth-order valence-corrected chi connectivity index (χ4v) is 2.71. The molecule has 108 valence electrons. The predicted octanol–water partition coefficient (Wildman–Crippen LogP) is 1.84. The third-order valence-corrected chi connectivity index (χ3v) is 3.94. The van der Waals surface area contributed by atoms with Gasteiger partial charge in [0.2, 0.25) is 5.91 Å². The van der Waals surface area contributed by atoms with Crippen molar-refractivity contribution in [3.8, 4) is 0 Å². The summed E-state index contributed by atoms with van der Waals surface area (Å²) in [6.07, 6.45) is 5.50. The molecular formula is C15H20N2O3. The molecule has 0 atom stereocenters. The maximum Gasteiger partial charge on any atom is 0.329 e. The number of hydrogen-bond acceptors (Lipinski definition) is 3. The normalized spacial score (nSPS) is 17.4. The van der Waals surface area contributed by atoms with Crippen molar-refractivity contribution in [2.75, 3.05) is 0 Å². The second kappa shape index (κ2) is 6.03. The number of carboxylic acids is 1. The molecule has 0 bridgehead atoms. The Morgan fingerprint density at radius 2 is 2.05 bits per heavy atom. The van der Waals surface area contributed by atoms with E-state index in [9.17, 15) is 14.7 Å². The summed E-state index contributed by atoms with van der Waals surface area (Å²) in [5.74, 6) is -1.20. The van der Waals surface area contributed by atoms with Gasteiger partial charge < -0.3 is 10.4 Å². The number of carboxylic acid groups (broad SMARTS) is 1. The van der Waals surface area contributed by atoms with Crippen molar-refractivity contribution in [1.82, 2.24) is 10.3 Å². The lowest BCUT2D eigenvalue weighted by Crippen LogP contribution is -2.56. The number of nitrogens with zero attached hydrogens (tertiary/aromatic N) is 1. The molecule has 1 aromatic rings. The fraction of sp³-hybridized carbons (Fsp3) is 0.533. The second-order valence-corrected chi connectivity index (χ2v) is 5.44. The lowest BCUT2D eigenvalue weighted by molar-refractivity contribution is -0.149. The van der Waals surface area contributed by atoms with E-state index in [0.717, 1.165) is 24.8 Å². The van der Waals surface area contributed by atoms with Crippen molar-refractivity contribution in [2.45, 2.75) is 51.0 Å². The summed E-state index contributed by atoms with van der Waals surface area (Å²) in [5.41, 5.74) is 0.551. The van der Waals surface area contributed by atoms with Gasteiger partial charge in [0, 0.05) is 6.20 Å². The van der Waals surface area contributed by atoms with Crippen LogP contribution >= 0.6 is 0 Å². The molecule has 0 unspecified atom stereocenters. The molecule has 1 aliphatic rings. The average molecular weight is 276 g/mol. The highest BCUT2D eigenvalue weighted by Crippen LogP contribution is 2.28. The van der Waals surface area contributed by atoms with Crippen molar-refractivity contribution >= 4 is 11.9 Å². The number of hydrogen-bond donors (Lipinski definition) is 2. The van der Waals surface area contributed by atoms with Crippen LogP contribution in [0.1, 0.15) is 43.4 Å². The van der Waals surface area contributed by atoms with Crippen LogP contribution in [0.4, 0.5) is 0 Å². The van der Waals surface area contributed by atoms with Crippen molar-refractivity contribution in [3.63, 3.8) is 0 Å². The Labute approximate surface area is 118 Å². The van der Waals surface area contributed by atoms with Gasteiger partial charge in [0.1, 0.15) is 5.54 Å². The van der Waals surface area contributed by atoms with Gasteiger partial charge in [-0.2, -0.15) is 0 Å². The summed E-state index contributed by atoms with van der Waals surface area (Å²) in [6, 6.07) is 3.71. The number of aryl methyl sites for hydroxylation is 1. The van der Waals surface area contributed by atoms with E-state index in [1.165, 1.54) is 0 Å². The van der Waals surface area contributed by atoms with E-state index < -0.39 is 11.5 Å². The van der Waals surface area contributed by atoms with E-state index in [4.69, 9.17) is 0 Å². The molecule has 0 spiro atoms. The molecule has 1 saturated carbocycles. The minimum Gasteiger partial charge on any atom is -0.480 e. The first-order valence-electron chi connectivity index (χ1n) is 6.98. The van der Waals surface area contributed by atoms with Gasteiger partial charge in [-0.3, -0.25) is 9.78 Å². The van der Waals surface area contributed by atoms with E-state index in [1.807, 2.05) is 19.1 Å². The van der Waals surface area contributed by atoms with Gasteiger partial charge in [-0.25, -0.2) is 4.79 Å². The highest BCUT2D eigenvalue weighted by Gasteiger charge is 2.40. The first kappa shape index (κ1) is 14.5. The minimum atomic E-state index is -1.09. The molecule has 5 heteroatoms. The van der Waals surface area contributed by atoms with Crippen molar-refractivity contribution in [1.29, 1.82) is 0 Å². The molecular weight excluding hydrogens is 256 g/mol. The van der Waals surface area contributed by atoms with Crippen molar-refractivity contribution < 1.29 is 14.7 Å². The summed E-state index contributed by atoms with van der Waals surface area (Å²) < 4.78 is 0. The zero-order valence-corrected chi connectivity index (χ0v) is 11.7. The number of carbonyl (C=O) groups excluding carboxylic acids is 1. The third-order valence-electron chi connectivity index (χ3n) is 3.94. The Morgan fingerprint density at radius 3 is 2.65 bits per heavy atom. The van der Waals surface area contributed by atoms with Crippen LogP contribution in [-0.4, -0.2) is 27.5 Å². The van der Waals surface area contributed by atoms with Gasteiger partial charge in [0.15, 0.2) is 0 Å². The molecule has 0 aromatic carbocycles. The molecule has 1 amide bonds. The van der Waals surface area contributed by atoms with Crippen molar-refractivity contribution in [3.05, 3.63) is 29.6 Å². The molecule has 5 nitrogen and oxygen atoms in total. The Morgan fingerprint density at radius 1 is 1.35 bits per heavy atom. The van der Waals surface area contributed by atoms with E-state index in [2.05, 4.69) is 10.3 Å². The van der Waals surface area contributed by atoms with Gasteiger partial charge in [-0.15, -0.1) is 0 Å². The largest absolute Gasteiger partial charge is 0.480 e. The summed E-state index contributed by atoms with van der Waals surface area (Å²) in [5, 5.41) is 12.2. The molecule has 0 saturated heterocycles. The van der Waals surface area contributed by atoms with Crippen LogP contribution in [0, 0.1) is 6.92 Å². The van der Waals surface area contributed by atoms with Gasteiger partial charge >= 0.3 is 5.97 Å². The van der Waals surface area contributed by atoms with Crippen LogP contribution in [0.25, 0.3) is 0 Å². The highest BCUT2D eigenvalue weighted by atomic mass is 16.4. The first-order chi connectivity index (χ1) is 9.53. The second-order valence-electron chi connectivity index (χ2n) is 5.44. The molecule has 0 aliphatic heterocycles. The molecule has 2 rings (SSSR count). The zero-order chi connectivity index (χ0) is 14.6. The number of pyridine rings is 1. The smallest absolute Gasteiger partial charge is 0.329 e. The summed E-state index contributed by atoms with van der Waals surface area (Å²) in [4.78, 5) is 27.8. The van der Waals surface area contributed by atoms with Gasteiger partial charge in [0.05, 0.1) is 12.1 Å². The maximum absolute atomic E-state index is 12.1. The van der Waals surface area contributed by atoms with Crippen molar-refractivity contribution in [2.24, 2.45) is 0 Å². The number of carbonyl (C=O) groups is 2. The van der Waals surface area contributed by atoms with Crippen LogP contribution in [-0.2, 0) is 16.0 Å². The molecule has 0 radical (unpaired) electrons. The Balaban J connectivity index is 2.06. The molecule has 1 aromatic heterocycles.